The Morgan fingerprint density at radius 1 is 1.33 bits per heavy atom. The summed E-state index contributed by atoms with van der Waals surface area (Å²) in [4.78, 5) is 12.0. The topological polar surface area (TPSA) is 46.5 Å². The third-order valence-corrected chi connectivity index (χ3v) is 2.84. The van der Waals surface area contributed by atoms with Crippen molar-refractivity contribution in [1.29, 1.82) is 0 Å². The van der Waals surface area contributed by atoms with Gasteiger partial charge in [-0.15, -0.1) is 0 Å². The van der Waals surface area contributed by atoms with Gasteiger partial charge < -0.3 is 9.84 Å². The molecule has 0 aromatic heterocycles. The second kappa shape index (κ2) is 4.10. The smallest absolute Gasteiger partial charge is 0.414 e. The van der Waals surface area contributed by atoms with Crippen molar-refractivity contribution in [2.75, 3.05) is 13.1 Å². The fraction of sp³-hybridized carbons (Fsp3) is 0.909. The van der Waals surface area contributed by atoms with Crippen LogP contribution in [0.2, 0.25) is 0 Å². The molecule has 1 heterocycles. The number of hydrogen-bond donors (Lipinski definition) is 1. The van der Waals surface area contributed by atoms with Crippen molar-refractivity contribution in [2.45, 2.75) is 52.4 Å². The molecule has 1 saturated heterocycles. The maximum atomic E-state index is 12.0. The Morgan fingerprint density at radius 2 is 1.80 bits per heavy atom. The molecule has 1 aliphatic rings. The van der Waals surface area contributed by atoms with Crippen LogP contribution in [0, 0.1) is 0 Å². The van der Waals surface area contributed by atoms with Crippen molar-refractivity contribution in [3.63, 3.8) is 0 Å². The Kier molecular flexibility index (Phi) is 3.41. The number of quaternary nitrogens is 1. The lowest BCUT2D eigenvalue weighted by molar-refractivity contribution is -0.892. The van der Waals surface area contributed by atoms with Crippen molar-refractivity contribution in [1.82, 2.24) is 0 Å². The molecule has 0 bridgehead atoms. The maximum Gasteiger partial charge on any atom is 0.518 e. The van der Waals surface area contributed by atoms with Crippen molar-refractivity contribution in [3.8, 4) is 0 Å². The molecule has 0 spiro atoms. The highest BCUT2D eigenvalue weighted by Gasteiger charge is 2.47. The summed E-state index contributed by atoms with van der Waals surface area (Å²) < 4.78 is 5.43. The van der Waals surface area contributed by atoms with Crippen LogP contribution in [0.1, 0.15) is 40.5 Å². The van der Waals surface area contributed by atoms with Crippen LogP contribution in [-0.2, 0) is 4.74 Å². The molecule has 0 aliphatic carbocycles. The van der Waals surface area contributed by atoms with E-state index in [-0.39, 0.29) is 10.6 Å². The third kappa shape index (κ3) is 2.69. The summed E-state index contributed by atoms with van der Waals surface area (Å²) in [7, 11) is 0. The maximum absolute atomic E-state index is 12.0. The Hall–Kier alpha value is -0.610. The van der Waals surface area contributed by atoms with Gasteiger partial charge in [0, 0.05) is 19.8 Å². The highest BCUT2D eigenvalue weighted by molar-refractivity contribution is 5.60. The number of likely N-dealkylation sites (tertiary alicyclic amines) is 1. The van der Waals surface area contributed by atoms with E-state index in [1.165, 1.54) is 0 Å². The molecule has 88 valence electrons. The number of aliphatic hydroxyl groups is 1. The summed E-state index contributed by atoms with van der Waals surface area (Å²) in [6, 6.07) is 0. The zero-order valence-electron chi connectivity index (χ0n) is 10.1. The lowest BCUT2D eigenvalue weighted by Gasteiger charge is -2.34. The van der Waals surface area contributed by atoms with Crippen molar-refractivity contribution < 1.29 is 19.1 Å². The van der Waals surface area contributed by atoms with E-state index in [1.807, 2.05) is 20.8 Å². The lowest BCUT2D eigenvalue weighted by atomic mass is 10.2. The van der Waals surface area contributed by atoms with Crippen molar-refractivity contribution >= 4 is 6.09 Å². The van der Waals surface area contributed by atoms with Gasteiger partial charge in [0.05, 0.1) is 13.1 Å². The first-order valence-electron chi connectivity index (χ1n) is 5.56. The van der Waals surface area contributed by atoms with Crippen LogP contribution in [0.4, 0.5) is 4.79 Å². The van der Waals surface area contributed by atoms with E-state index < -0.39 is 11.8 Å². The number of nitrogens with zero attached hydrogens (tertiary/aromatic N) is 1. The molecule has 1 aliphatic heterocycles. The van der Waals surface area contributed by atoms with Gasteiger partial charge in [0.1, 0.15) is 5.60 Å². The molecule has 1 N–H and O–H groups in total. The molecule has 0 radical (unpaired) electrons. The fourth-order valence-corrected chi connectivity index (χ4v) is 1.96. The minimum atomic E-state index is -0.678. The third-order valence-electron chi connectivity index (χ3n) is 2.84. The molecule has 1 atom stereocenters. The number of carbonyl (C=O) groups is 1. The average molecular weight is 216 g/mol. The van der Waals surface area contributed by atoms with E-state index >= 15 is 0 Å². The number of hydrogen-bond acceptors (Lipinski definition) is 3. The van der Waals surface area contributed by atoms with Crippen LogP contribution in [0.25, 0.3) is 0 Å². The monoisotopic (exact) mass is 216 g/mol. The second-order valence-electron chi connectivity index (χ2n) is 5.30. The van der Waals surface area contributed by atoms with E-state index in [4.69, 9.17) is 4.74 Å². The van der Waals surface area contributed by atoms with E-state index in [9.17, 15) is 9.90 Å². The Morgan fingerprint density at radius 3 is 2.13 bits per heavy atom. The van der Waals surface area contributed by atoms with Gasteiger partial charge in [-0.25, -0.2) is 0 Å². The molecular weight excluding hydrogens is 194 g/mol. The average Bonchev–Trinajstić information content (AvgIpc) is 2.48. The number of rotatable bonds is 1. The SMILES string of the molecule is CC(O)[N+]1(C(=O)OC(C)(C)C)CCCC1. The van der Waals surface area contributed by atoms with Gasteiger partial charge >= 0.3 is 6.09 Å². The number of amides is 1. The normalized spacial score (nSPS) is 22.5. The molecule has 1 fully saturated rings. The van der Waals surface area contributed by atoms with E-state index in [0.717, 1.165) is 12.8 Å². The standard InChI is InChI=1S/C11H22NO3/c1-9(13)12(7-5-6-8-12)10(14)15-11(2,3)4/h9,13H,5-8H2,1-4H3/q+1. The molecule has 4 nitrogen and oxygen atoms in total. The van der Waals surface area contributed by atoms with Gasteiger partial charge in [-0.1, -0.05) is 0 Å². The van der Waals surface area contributed by atoms with Gasteiger partial charge in [0.25, 0.3) is 0 Å². The molecular formula is C11H22NO3+. The van der Waals surface area contributed by atoms with Crippen LogP contribution in [-0.4, -0.2) is 40.6 Å². The second-order valence-corrected chi connectivity index (χ2v) is 5.30. The first kappa shape index (κ1) is 12.5. The minimum Gasteiger partial charge on any atom is -0.414 e. The highest BCUT2D eigenvalue weighted by Crippen LogP contribution is 2.26. The van der Waals surface area contributed by atoms with Crippen LogP contribution in [0.15, 0.2) is 0 Å². The predicted octanol–water partition coefficient (Wildman–Crippen LogP) is 1.87. The molecule has 0 saturated carbocycles. The van der Waals surface area contributed by atoms with Gasteiger partial charge in [-0.2, -0.15) is 9.28 Å². The van der Waals surface area contributed by atoms with Gasteiger partial charge in [-0.05, 0) is 20.8 Å². The minimum absolute atomic E-state index is 0.0667. The van der Waals surface area contributed by atoms with Crippen LogP contribution in [0.3, 0.4) is 0 Å². The Balaban J connectivity index is 2.77. The van der Waals surface area contributed by atoms with E-state index in [1.54, 1.807) is 6.92 Å². The molecule has 15 heavy (non-hydrogen) atoms. The fourth-order valence-electron chi connectivity index (χ4n) is 1.96. The molecule has 0 aromatic carbocycles. The van der Waals surface area contributed by atoms with Gasteiger partial charge in [0.2, 0.25) is 0 Å². The van der Waals surface area contributed by atoms with E-state index in [0.29, 0.717) is 13.1 Å². The first-order valence-corrected chi connectivity index (χ1v) is 5.56. The van der Waals surface area contributed by atoms with Crippen LogP contribution < -0.4 is 0 Å². The van der Waals surface area contributed by atoms with Gasteiger partial charge in [0.15, 0.2) is 6.23 Å². The summed E-state index contributed by atoms with van der Waals surface area (Å²) in [6.07, 6.45) is 0.978. The van der Waals surface area contributed by atoms with Crippen molar-refractivity contribution in [3.05, 3.63) is 0 Å². The summed E-state index contributed by atoms with van der Waals surface area (Å²) in [6.45, 7) is 8.58. The molecule has 1 amide bonds. The summed E-state index contributed by atoms with van der Waals surface area (Å²) in [5.74, 6) is 0. The van der Waals surface area contributed by atoms with Crippen LogP contribution in [0.5, 0.6) is 0 Å². The lowest BCUT2D eigenvalue weighted by Crippen LogP contribution is -2.57. The Bertz CT molecular complexity index is 237. The highest BCUT2D eigenvalue weighted by atomic mass is 16.6. The first-order chi connectivity index (χ1) is 6.78. The zero-order valence-corrected chi connectivity index (χ0v) is 10.1. The summed E-state index contributed by atoms with van der Waals surface area (Å²) in [5, 5.41) is 9.74. The van der Waals surface area contributed by atoms with E-state index in [2.05, 4.69) is 0 Å². The molecule has 1 unspecified atom stereocenters. The summed E-state index contributed by atoms with van der Waals surface area (Å²) >= 11 is 0. The number of aliphatic hydroxyl groups excluding tert-OH is 1. The summed E-state index contributed by atoms with van der Waals surface area (Å²) in [5.41, 5.74) is -0.486. The van der Waals surface area contributed by atoms with Crippen LogP contribution >= 0.6 is 0 Å². The number of ether oxygens (including phenoxy) is 1. The molecule has 4 heteroatoms. The zero-order chi connectivity index (χ0) is 11.7. The van der Waals surface area contributed by atoms with Gasteiger partial charge in [-0.3, -0.25) is 0 Å². The molecule has 0 aromatic rings. The Labute approximate surface area is 91.4 Å². The molecule has 1 rings (SSSR count). The number of carbonyl (C=O) groups excluding carboxylic acids is 1. The van der Waals surface area contributed by atoms with Crippen molar-refractivity contribution in [2.24, 2.45) is 0 Å². The quantitative estimate of drug-likeness (QED) is 0.681. The predicted molar refractivity (Wildman–Crippen MR) is 57.1 cm³/mol. The largest absolute Gasteiger partial charge is 0.518 e.